The number of nitrogens with two attached hydrogens (primary N) is 1. The van der Waals surface area contributed by atoms with Crippen LogP contribution < -0.4 is 11.1 Å². The van der Waals surface area contributed by atoms with Crippen LogP contribution in [0.25, 0.3) is 0 Å². The fourth-order valence-electron chi connectivity index (χ4n) is 3.46. The number of carbonyl (C=O) groups is 1. The molecular weight excluding hydrogens is 245 g/mol. The Balaban J connectivity index is 1.91. The zero-order valence-electron chi connectivity index (χ0n) is 10.7. The molecule has 0 bridgehead atoms. The first-order chi connectivity index (χ1) is 9.12. The fourth-order valence-corrected chi connectivity index (χ4v) is 3.46. The predicted octanol–water partition coefficient (Wildman–Crippen LogP) is 1.33. The second-order valence-electron chi connectivity index (χ2n) is 5.41. The molecule has 0 saturated carbocycles. The Morgan fingerprint density at radius 3 is 3.05 bits per heavy atom. The van der Waals surface area contributed by atoms with Crippen LogP contribution in [-0.4, -0.2) is 35.5 Å². The monoisotopic (exact) mass is 263 g/mol. The Hall–Kier alpha value is -1.62. The van der Waals surface area contributed by atoms with Crippen LogP contribution in [0.3, 0.4) is 0 Å². The normalized spacial score (nSPS) is 30.3. The number of primary amides is 1. The minimum absolute atomic E-state index is 0.133. The first kappa shape index (κ1) is 12.4. The Labute approximate surface area is 111 Å². The number of hydrogen-bond acceptors (Lipinski definition) is 3. The molecule has 3 rings (SSSR count). The number of benzene rings is 1. The third kappa shape index (κ3) is 1.98. The summed E-state index contributed by atoms with van der Waals surface area (Å²) in [6, 6.07) is 6.33. The third-order valence-electron chi connectivity index (χ3n) is 4.36. The first-order valence-corrected chi connectivity index (χ1v) is 6.69. The molecular formula is C14H18FN3O. The Bertz CT molecular complexity index is 507. The minimum atomic E-state index is -0.760. The molecule has 2 unspecified atom stereocenters. The van der Waals surface area contributed by atoms with Gasteiger partial charge in [0.2, 0.25) is 5.91 Å². The van der Waals surface area contributed by atoms with Crippen molar-refractivity contribution in [2.24, 2.45) is 5.73 Å². The summed E-state index contributed by atoms with van der Waals surface area (Å²) in [6.45, 7) is 1.89. The van der Waals surface area contributed by atoms with Crippen LogP contribution in [0.5, 0.6) is 0 Å². The van der Waals surface area contributed by atoms with E-state index in [1.54, 1.807) is 12.1 Å². The average Bonchev–Trinajstić information content (AvgIpc) is 2.93. The summed E-state index contributed by atoms with van der Waals surface area (Å²) in [5, 5.41) is 3.21. The van der Waals surface area contributed by atoms with Crippen molar-refractivity contribution in [3.63, 3.8) is 0 Å². The molecule has 2 heterocycles. The van der Waals surface area contributed by atoms with Crippen molar-refractivity contribution in [1.29, 1.82) is 0 Å². The van der Waals surface area contributed by atoms with Crippen LogP contribution in [0.1, 0.15) is 19.3 Å². The smallest absolute Gasteiger partial charge is 0.244 e. The lowest BCUT2D eigenvalue weighted by atomic mass is 9.87. The van der Waals surface area contributed by atoms with Gasteiger partial charge in [-0.3, -0.25) is 9.69 Å². The number of halogens is 1. The summed E-state index contributed by atoms with van der Waals surface area (Å²) in [6.07, 6.45) is 2.74. The van der Waals surface area contributed by atoms with Crippen LogP contribution in [0.15, 0.2) is 24.3 Å². The van der Waals surface area contributed by atoms with Crippen molar-refractivity contribution in [3.05, 3.63) is 30.1 Å². The number of nitrogens with zero attached hydrogens (tertiary/aromatic N) is 1. The summed E-state index contributed by atoms with van der Waals surface area (Å²) in [7, 11) is 0. The van der Waals surface area contributed by atoms with Crippen LogP contribution in [0.4, 0.5) is 10.1 Å². The van der Waals surface area contributed by atoms with Gasteiger partial charge in [-0.1, -0.05) is 6.07 Å². The lowest BCUT2D eigenvalue weighted by Gasteiger charge is -2.34. The maximum absolute atomic E-state index is 13.3. The second kappa shape index (κ2) is 4.49. The molecule has 2 saturated heterocycles. The fraction of sp³-hybridized carbons (Fsp3) is 0.500. The van der Waals surface area contributed by atoms with Gasteiger partial charge in [-0.15, -0.1) is 0 Å². The number of rotatable bonds is 3. The van der Waals surface area contributed by atoms with Crippen LogP contribution >= 0.6 is 0 Å². The molecule has 102 valence electrons. The molecule has 0 aliphatic carbocycles. The molecule has 1 aromatic rings. The molecule has 2 fully saturated rings. The van der Waals surface area contributed by atoms with E-state index in [1.807, 2.05) is 0 Å². The standard InChI is InChI=1S/C14H18FN3O/c15-10-3-1-4-11(9-10)17-14(13(16)19)6-8-18-7-2-5-12(14)18/h1,3-4,9,12,17H,2,5-8H2,(H2,16,19). The molecule has 0 spiro atoms. The number of nitrogens with one attached hydrogen (secondary N) is 1. The molecule has 1 amide bonds. The van der Waals surface area contributed by atoms with Crippen LogP contribution in [0.2, 0.25) is 0 Å². The highest BCUT2D eigenvalue weighted by molar-refractivity contribution is 5.89. The van der Waals surface area contributed by atoms with E-state index in [0.717, 1.165) is 25.9 Å². The molecule has 5 heteroatoms. The summed E-state index contributed by atoms with van der Waals surface area (Å²) in [5.41, 5.74) is 5.51. The Morgan fingerprint density at radius 1 is 1.47 bits per heavy atom. The summed E-state index contributed by atoms with van der Waals surface area (Å²) in [4.78, 5) is 14.3. The van der Waals surface area contributed by atoms with Gasteiger partial charge in [-0.05, 0) is 44.0 Å². The molecule has 1 aromatic carbocycles. The van der Waals surface area contributed by atoms with Gasteiger partial charge in [0, 0.05) is 18.3 Å². The molecule has 3 N–H and O–H groups in total. The van der Waals surface area contributed by atoms with Crippen LogP contribution in [-0.2, 0) is 4.79 Å². The third-order valence-corrected chi connectivity index (χ3v) is 4.36. The zero-order chi connectivity index (χ0) is 13.5. The summed E-state index contributed by atoms with van der Waals surface area (Å²) in [5.74, 6) is -0.656. The minimum Gasteiger partial charge on any atom is -0.370 e. The maximum Gasteiger partial charge on any atom is 0.244 e. The summed E-state index contributed by atoms with van der Waals surface area (Å²) < 4.78 is 13.3. The average molecular weight is 263 g/mol. The van der Waals surface area contributed by atoms with Gasteiger partial charge in [0.1, 0.15) is 11.4 Å². The van der Waals surface area contributed by atoms with E-state index in [2.05, 4.69) is 10.2 Å². The molecule has 4 nitrogen and oxygen atoms in total. The van der Waals surface area contributed by atoms with Crippen molar-refractivity contribution in [3.8, 4) is 0 Å². The number of fused-ring (bicyclic) bond motifs is 1. The Morgan fingerprint density at radius 2 is 2.32 bits per heavy atom. The molecule has 19 heavy (non-hydrogen) atoms. The van der Waals surface area contributed by atoms with E-state index in [0.29, 0.717) is 12.1 Å². The molecule has 0 radical (unpaired) electrons. The first-order valence-electron chi connectivity index (χ1n) is 6.69. The molecule has 0 aromatic heterocycles. The second-order valence-corrected chi connectivity index (χ2v) is 5.41. The van der Waals surface area contributed by atoms with Gasteiger partial charge in [0.25, 0.3) is 0 Å². The van der Waals surface area contributed by atoms with Crippen molar-refractivity contribution in [2.75, 3.05) is 18.4 Å². The molecule has 2 aliphatic rings. The van der Waals surface area contributed by atoms with E-state index in [4.69, 9.17) is 5.73 Å². The van der Waals surface area contributed by atoms with Gasteiger partial charge in [0.15, 0.2) is 0 Å². The van der Waals surface area contributed by atoms with E-state index in [-0.39, 0.29) is 17.8 Å². The van der Waals surface area contributed by atoms with E-state index >= 15 is 0 Å². The molecule has 2 aliphatic heterocycles. The van der Waals surface area contributed by atoms with Crippen LogP contribution in [0, 0.1) is 5.82 Å². The van der Waals surface area contributed by atoms with E-state index < -0.39 is 5.54 Å². The topological polar surface area (TPSA) is 58.4 Å². The number of carbonyl (C=O) groups excluding carboxylic acids is 1. The Kier molecular flexibility index (Phi) is 2.93. The molecule has 2 atom stereocenters. The highest BCUT2D eigenvalue weighted by Crippen LogP contribution is 2.38. The lowest BCUT2D eigenvalue weighted by Crippen LogP contribution is -2.57. The number of hydrogen-bond donors (Lipinski definition) is 2. The van der Waals surface area contributed by atoms with E-state index in [1.165, 1.54) is 12.1 Å². The van der Waals surface area contributed by atoms with Crippen molar-refractivity contribution in [2.45, 2.75) is 30.8 Å². The van der Waals surface area contributed by atoms with Gasteiger partial charge >= 0.3 is 0 Å². The van der Waals surface area contributed by atoms with Crippen molar-refractivity contribution < 1.29 is 9.18 Å². The SMILES string of the molecule is NC(=O)C1(Nc2cccc(F)c2)CCN2CCCC21. The summed E-state index contributed by atoms with van der Waals surface area (Å²) >= 11 is 0. The maximum atomic E-state index is 13.3. The quantitative estimate of drug-likeness (QED) is 0.865. The van der Waals surface area contributed by atoms with Gasteiger partial charge in [-0.2, -0.15) is 0 Å². The van der Waals surface area contributed by atoms with Gasteiger partial charge < -0.3 is 11.1 Å². The van der Waals surface area contributed by atoms with Gasteiger partial charge in [0.05, 0.1) is 0 Å². The van der Waals surface area contributed by atoms with E-state index in [9.17, 15) is 9.18 Å². The lowest BCUT2D eigenvalue weighted by molar-refractivity contribution is -0.122. The number of amides is 1. The van der Waals surface area contributed by atoms with Crippen molar-refractivity contribution >= 4 is 11.6 Å². The zero-order valence-corrected chi connectivity index (χ0v) is 10.7. The number of anilines is 1. The van der Waals surface area contributed by atoms with Crippen molar-refractivity contribution in [1.82, 2.24) is 4.90 Å². The predicted molar refractivity (Wildman–Crippen MR) is 71.2 cm³/mol. The highest BCUT2D eigenvalue weighted by atomic mass is 19.1. The van der Waals surface area contributed by atoms with Gasteiger partial charge in [-0.25, -0.2) is 4.39 Å². The largest absolute Gasteiger partial charge is 0.370 e. The highest BCUT2D eigenvalue weighted by Gasteiger charge is 2.53.